The summed E-state index contributed by atoms with van der Waals surface area (Å²) >= 11 is 0. The van der Waals surface area contributed by atoms with Gasteiger partial charge in [0.05, 0.1) is 17.2 Å². The Hall–Kier alpha value is -3.61. The van der Waals surface area contributed by atoms with E-state index in [0.29, 0.717) is 6.42 Å². The molecule has 5 rings (SSSR count). The molecular formula is C20H15N3O4. The lowest BCUT2D eigenvalue weighted by molar-refractivity contribution is -0.384. The van der Waals surface area contributed by atoms with E-state index in [9.17, 15) is 10.1 Å². The SMILES string of the molecule is O=[N+]([O-])c1ccc([C@H]2Oc3ccccc3[C@H]3CC(c4ccco4)=NN32)cc1. The zero-order valence-electron chi connectivity index (χ0n) is 14.2. The van der Waals surface area contributed by atoms with Crippen LogP contribution in [0.2, 0.25) is 0 Å². The minimum Gasteiger partial charge on any atom is -0.464 e. The summed E-state index contributed by atoms with van der Waals surface area (Å²) in [6, 6.07) is 18.1. The summed E-state index contributed by atoms with van der Waals surface area (Å²) < 4.78 is 11.7. The molecule has 134 valence electrons. The second-order valence-corrected chi connectivity index (χ2v) is 6.48. The lowest BCUT2D eigenvalue weighted by atomic mass is 9.97. The number of nitro groups is 1. The van der Waals surface area contributed by atoms with E-state index in [4.69, 9.17) is 14.3 Å². The smallest absolute Gasteiger partial charge is 0.269 e. The predicted molar refractivity (Wildman–Crippen MR) is 97.3 cm³/mol. The number of nitrogens with zero attached hydrogens (tertiary/aromatic N) is 3. The van der Waals surface area contributed by atoms with Gasteiger partial charge in [-0.2, -0.15) is 5.10 Å². The molecule has 3 heterocycles. The molecule has 0 unspecified atom stereocenters. The molecule has 0 saturated carbocycles. The Bertz CT molecular complexity index is 1030. The van der Waals surface area contributed by atoms with Gasteiger partial charge in [0.25, 0.3) is 5.69 Å². The predicted octanol–water partition coefficient (Wildman–Crippen LogP) is 4.43. The van der Waals surface area contributed by atoms with Crippen LogP contribution in [-0.4, -0.2) is 15.6 Å². The lowest BCUT2D eigenvalue weighted by Gasteiger charge is -2.38. The Morgan fingerprint density at radius 3 is 2.63 bits per heavy atom. The number of non-ortho nitro benzene ring substituents is 1. The Morgan fingerprint density at radius 2 is 1.89 bits per heavy atom. The van der Waals surface area contributed by atoms with Gasteiger partial charge >= 0.3 is 0 Å². The number of ether oxygens (including phenoxy) is 1. The number of hydrogen-bond donors (Lipinski definition) is 0. The highest BCUT2D eigenvalue weighted by Crippen LogP contribution is 2.47. The van der Waals surface area contributed by atoms with E-state index in [1.807, 2.05) is 41.4 Å². The number of hydrogen-bond acceptors (Lipinski definition) is 6. The molecule has 0 bridgehead atoms. The second-order valence-electron chi connectivity index (χ2n) is 6.48. The fourth-order valence-electron chi connectivity index (χ4n) is 3.61. The van der Waals surface area contributed by atoms with Crippen LogP contribution >= 0.6 is 0 Å². The summed E-state index contributed by atoms with van der Waals surface area (Å²) in [4.78, 5) is 10.5. The Balaban J connectivity index is 1.57. The number of hydrazone groups is 1. The average molecular weight is 361 g/mol. The summed E-state index contributed by atoms with van der Waals surface area (Å²) in [7, 11) is 0. The second kappa shape index (κ2) is 5.98. The van der Waals surface area contributed by atoms with Crippen molar-refractivity contribution in [2.45, 2.75) is 18.7 Å². The molecule has 2 aliphatic heterocycles. The number of fused-ring (bicyclic) bond motifs is 3. The van der Waals surface area contributed by atoms with E-state index >= 15 is 0 Å². The average Bonchev–Trinajstić information content (AvgIpc) is 3.37. The van der Waals surface area contributed by atoms with Crippen molar-refractivity contribution >= 4 is 11.4 Å². The molecule has 0 radical (unpaired) electrons. The van der Waals surface area contributed by atoms with Crippen molar-refractivity contribution in [2.75, 3.05) is 0 Å². The summed E-state index contributed by atoms with van der Waals surface area (Å²) in [5.74, 6) is 1.54. The van der Waals surface area contributed by atoms with Gasteiger partial charge in [0.1, 0.15) is 17.2 Å². The van der Waals surface area contributed by atoms with Crippen LogP contribution in [0.15, 0.2) is 76.4 Å². The van der Waals surface area contributed by atoms with Crippen molar-refractivity contribution in [3.63, 3.8) is 0 Å². The van der Waals surface area contributed by atoms with Crippen LogP contribution in [0.25, 0.3) is 0 Å². The monoisotopic (exact) mass is 361 g/mol. The molecule has 2 atom stereocenters. The summed E-state index contributed by atoms with van der Waals surface area (Å²) in [6.07, 6.45) is 1.88. The van der Waals surface area contributed by atoms with E-state index in [0.717, 1.165) is 28.3 Å². The molecule has 0 amide bonds. The quantitative estimate of drug-likeness (QED) is 0.509. The Labute approximate surface area is 154 Å². The van der Waals surface area contributed by atoms with Crippen LogP contribution < -0.4 is 4.74 Å². The maximum atomic E-state index is 10.9. The highest BCUT2D eigenvalue weighted by molar-refractivity contribution is 5.99. The normalized spacial score (nSPS) is 20.4. The third kappa shape index (κ3) is 2.55. The number of rotatable bonds is 3. The van der Waals surface area contributed by atoms with Crippen molar-refractivity contribution in [1.29, 1.82) is 0 Å². The highest BCUT2D eigenvalue weighted by atomic mass is 16.6. The molecule has 0 fully saturated rings. The fraction of sp³-hybridized carbons (Fsp3) is 0.150. The molecule has 27 heavy (non-hydrogen) atoms. The molecule has 7 heteroatoms. The molecule has 7 nitrogen and oxygen atoms in total. The Kier molecular flexibility index (Phi) is 3.46. The summed E-state index contributed by atoms with van der Waals surface area (Å²) in [6.45, 7) is 0. The fourth-order valence-corrected chi connectivity index (χ4v) is 3.61. The van der Waals surface area contributed by atoms with Gasteiger partial charge in [-0.3, -0.25) is 10.1 Å². The van der Waals surface area contributed by atoms with E-state index in [1.54, 1.807) is 18.4 Å². The van der Waals surface area contributed by atoms with Crippen molar-refractivity contribution in [1.82, 2.24) is 5.01 Å². The largest absolute Gasteiger partial charge is 0.464 e. The highest BCUT2D eigenvalue weighted by Gasteiger charge is 2.41. The molecule has 0 saturated heterocycles. The molecule has 0 spiro atoms. The van der Waals surface area contributed by atoms with Gasteiger partial charge in [-0.1, -0.05) is 18.2 Å². The van der Waals surface area contributed by atoms with Crippen molar-refractivity contribution < 1.29 is 14.1 Å². The van der Waals surface area contributed by atoms with E-state index in [-0.39, 0.29) is 11.7 Å². The van der Waals surface area contributed by atoms with Gasteiger partial charge in [0.15, 0.2) is 0 Å². The van der Waals surface area contributed by atoms with E-state index < -0.39 is 11.2 Å². The number of nitro benzene ring substituents is 1. The maximum Gasteiger partial charge on any atom is 0.269 e. The van der Waals surface area contributed by atoms with Crippen LogP contribution in [0.3, 0.4) is 0 Å². The van der Waals surface area contributed by atoms with Crippen molar-refractivity contribution in [2.24, 2.45) is 5.10 Å². The zero-order valence-corrected chi connectivity index (χ0v) is 14.2. The standard InChI is InChI=1S/C20H15N3O4/c24-23(25)14-9-7-13(8-10-14)20-22-17(15-4-1-2-5-18(15)27-20)12-16(21-22)19-6-3-11-26-19/h1-11,17,20H,12H2/t17-,20-/m1/s1. The number of para-hydroxylation sites is 1. The molecule has 2 aromatic carbocycles. The summed E-state index contributed by atoms with van der Waals surface area (Å²) in [5.41, 5.74) is 2.79. The first-order chi connectivity index (χ1) is 13.2. The van der Waals surface area contributed by atoms with Gasteiger partial charge in [-0.25, -0.2) is 5.01 Å². The summed E-state index contributed by atoms with van der Waals surface area (Å²) in [5, 5.41) is 17.6. The number of benzene rings is 2. The third-order valence-corrected chi connectivity index (χ3v) is 4.89. The van der Waals surface area contributed by atoms with Crippen LogP contribution in [0.1, 0.15) is 35.6 Å². The first kappa shape index (κ1) is 15.6. The van der Waals surface area contributed by atoms with Gasteiger partial charge in [0, 0.05) is 29.7 Å². The maximum absolute atomic E-state index is 10.9. The minimum absolute atomic E-state index is 0.0234. The van der Waals surface area contributed by atoms with Crippen LogP contribution in [-0.2, 0) is 0 Å². The van der Waals surface area contributed by atoms with Gasteiger partial charge < -0.3 is 9.15 Å². The van der Waals surface area contributed by atoms with Crippen molar-refractivity contribution in [3.05, 3.63) is 93.9 Å². The van der Waals surface area contributed by atoms with E-state index in [2.05, 4.69) is 0 Å². The molecule has 0 N–H and O–H groups in total. The first-order valence-electron chi connectivity index (χ1n) is 8.60. The van der Waals surface area contributed by atoms with Gasteiger partial charge in [-0.05, 0) is 30.3 Å². The van der Waals surface area contributed by atoms with Crippen LogP contribution in [0.5, 0.6) is 5.75 Å². The number of furan rings is 1. The molecular weight excluding hydrogens is 346 g/mol. The zero-order chi connectivity index (χ0) is 18.4. The van der Waals surface area contributed by atoms with Gasteiger partial charge in [0.2, 0.25) is 6.23 Å². The van der Waals surface area contributed by atoms with Gasteiger partial charge in [-0.15, -0.1) is 0 Å². The molecule has 0 aliphatic carbocycles. The Morgan fingerprint density at radius 1 is 1.07 bits per heavy atom. The molecule has 3 aromatic rings. The van der Waals surface area contributed by atoms with Crippen molar-refractivity contribution in [3.8, 4) is 5.75 Å². The minimum atomic E-state index is -0.460. The molecule has 1 aromatic heterocycles. The third-order valence-electron chi connectivity index (χ3n) is 4.89. The van der Waals surface area contributed by atoms with Crippen LogP contribution in [0, 0.1) is 10.1 Å². The van der Waals surface area contributed by atoms with E-state index in [1.165, 1.54) is 12.1 Å². The lowest BCUT2D eigenvalue weighted by Crippen LogP contribution is -2.33. The van der Waals surface area contributed by atoms with Crippen LogP contribution in [0.4, 0.5) is 5.69 Å². The topological polar surface area (TPSA) is 81.1 Å². The first-order valence-corrected chi connectivity index (χ1v) is 8.60. The molecule has 2 aliphatic rings.